The first kappa shape index (κ1) is 15.8. The van der Waals surface area contributed by atoms with Crippen LogP contribution in [0.25, 0.3) is 0 Å². The Kier molecular flexibility index (Phi) is 6.62. The van der Waals surface area contributed by atoms with E-state index in [1.807, 2.05) is 4.90 Å². The number of carboxylic acids is 1. The molecule has 1 aliphatic heterocycles. The molecule has 1 rings (SSSR count). The Morgan fingerprint density at radius 2 is 2.16 bits per heavy atom. The fourth-order valence-electron chi connectivity index (χ4n) is 2.39. The molecule has 0 bridgehead atoms. The molecule has 1 N–H and O–H groups in total. The van der Waals surface area contributed by atoms with Gasteiger partial charge >= 0.3 is 12.0 Å². The van der Waals surface area contributed by atoms with E-state index in [1.54, 1.807) is 19.1 Å². The second-order valence-electron chi connectivity index (χ2n) is 4.97. The van der Waals surface area contributed by atoms with E-state index in [-0.39, 0.29) is 18.5 Å². The van der Waals surface area contributed by atoms with Crippen molar-refractivity contribution in [3.63, 3.8) is 0 Å². The van der Waals surface area contributed by atoms with Gasteiger partial charge in [-0.1, -0.05) is 0 Å². The lowest BCUT2D eigenvalue weighted by Gasteiger charge is -2.38. The lowest BCUT2D eigenvalue weighted by molar-refractivity contribution is -0.137. The predicted octanol–water partition coefficient (Wildman–Crippen LogP) is 1.40. The predicted molar refractivity (Wildman–Crippen MR) is 71.1 cm³/mol. The van der Waals surface area contributed by atoms with E-state index in [4.69, 9.17) is 9.84 Å². The molecule has 1 unspecified atom stereocenters. The Balaban J connectivity index is 2.54. The minimum absolute atomic E-state index is 0.0212. The van der Waals surface area contributed by atoms with Crippen molar-refractivity contribution in [3.05, 3.63) is 0 Å². The third kappa shape index (κ3) is 5.06. The van der Waals surface area contributed by atoms with Crippen molar-refractivity contribution in [2.75, 3.05) is 33.9 Å². The first-order valence-corrected chi connectivity index (χ1v) is 6.78. The van der Waals surface area contributed by atoms with Crippen LogP contribution in [0.1, 0.15) is 32.1 Å². The Labute approximate surface area is 114 Å². The van der Waals surface area contributed by atoms with E-state index in [9.17, 15) is 9.59 Å². The van der Waals surface area contributed by atoms with E-state index in [1.165, 1.54) is 0 Å². The summed E-state index contributed by atoms with van der Waals surface area (Å²) in [6.07, 6.45) is 3.62. The number of carbonyl (C=O) groups excluding carboxylic acids is 1. The fraction of sp³-hybridized carbons (Fsp3) is 0.846. The molecule has 1 atom stereocenters. The van der Waals surface area contributed by atoms with Crippen molar-refractivity contribution >= 4 is 12.0 Å². The number of likely N-dealkylation sites (tertiary alicyclic amines) is 1. The van der Waals surface area contributed by atoms with Gasteiger partial charge < -0.3 is 19.6 Å². The van der Waals surface area contributed by atoms with Gasteiger partial charge in [0.2, 0.25) is 0 Å². The van der Waals surface area contributed by atoms with Crippen LogP contribution in [0.15, 0.2) is 0 Å². The lowest BCUT2D eigenvalue weighted by atomic mass is 9.98. The molecule has 0 aromatic carbocycles. The standard InChI is InChI=1S/C13H24N2O4/c1-14(9-10-19-2)13(18)15-8-4-3-5-11(15)6-7-12(16)17/h11H,3-10H2,1-2H3,(H,16,17). The number of hydrogen-bond acceptors (Lipinski definition) is 3. The van der Waals surface area contributed by atoms with Crippen molar-refractivity contribution in [2.45, 2.75) is 38.1 Å². The summed E-state index contributed by atoms with van der Waals surface area (Å²) >= 11 is 0. The summed E-state index contributed by atoms with van der Waals surface area (Å²) < 4.78 is 4.97. The van der Waals surface area contributed by atoms with Gasteiger partial charge in [0.15, 0.2) is 0 Å². The van der Waals surface area contributed by atoms with Crippen LogP contribution >= 0.6 is 0 Å². The molecule has 1 aliphatic rings. The normalized spacial score (nSPS) is 19.3. The Morgan fingerprint density at radius 1 is 1.42 bits per heavy atom. The first-order chi connectivity index (χ1) is 9.06. The maximum atomic E-state index is 12.3. The highest BCUT2D eigenvalue weighted by Crippen LogP contribution is 2.22. The molecular weight excluding hydrogens is 248 g/mol. The van der Waals surface area contributed by atoms with Crippen LogP contribution < -0.4 is 0 Å². The minimum atomic E-state index is -0.800. The molecule has 1 heterocycles. The number of urea groups is 1. The van der Waals surface area contributed by atoms with Crippen LogP contribution in [0.4, 0.5) is 4.79 Å². The number of nitrogens with zero attached hydrogens (tertiary/aromatic N) is 2. The number of aliphatic carboxylic acids is 1. The van der Waals surface area contributed by atoms with Gasteiger partial charge in [0.05, 0.1) is 6.61 Å². The third-order valence-corrected chi connectivity index (χ3v) is 3.52. The largest absolute Gasteiger partial charge is 0.481 e. The average molecular weight is 272 g/mol. The van der Waals surface area contributed by atoms with Gasteiger partial charge in [-0.3, -0.25) is 4.79 Å². The highest BCUT2D eigenvalue weighted by molar-refractivity contribution is 5.74. The van der Waals surface area contributed by atoms with Gasteiger partial charge in [-0.2, -0.15) is 0 Å². The first-order valence-electron chi connectivity index (χ1n) is 6.78. The monoisotopic (exact) mass is 272 g/mol. The third-order valence-electron chi connectivity index (χ3n) is 3.52. The molecule has 6 nitrogen and oxygen atoms in total. The van der Waals surface area contributed by atoms with Crippen LogP contribution in [0.2, 0.25) is 0 Å². The SMILES string of the molecule is COCCN(C)C(=O)N1CCCCC1CCC(=O)O. The zero-order valence-electron chi connectivity index (χ0n) is 11.8. The molecule has 110 valence electrons. The molecule has 0 saturated carbocycles. The molecule has 6 heteroatoms. The van der Waals surface area contributed by atoms with E-state index in [0.717, 1.165) is 25.8 Å². The average Bonchev–Trinajstić information content (AvgIpc) is 2.42. The fourth-order valence-corrected chi connectivity index (χ4v) is 2.39. The van der Waals surface area contributed by atoms with Gasteiger partial charge in [0.25, 0.3) is 0 Å². The van der Waals surface area contributed by atoms with Gasteiger partial charge in [-0.25, -0.2) is 4.79 Å². The van der Waals surface area contributed by atoms with E-state index in [2.05, 4.69) is 0 Å². The molecule has 19 heavy (non-hydrogen) atoms. The van der Waals surface area contributed by atoms with Crippen molar-refractivity contribution in [1.29, 1.82) is 0 Å². The molecule has 0 aromatic heterocycles. The second-order valence-corrected chi connectivity index (χ2v) is 4.97. The molecule has 0 aliphatic carbocycles. The molecule has 1 saturated heterocycles. The van der Waals surface area contributed by atoms with Crippen LogP contribution in [-0.2, 0) is 9.53 Å². The molecule has 0 radical (unpaired) electrons. The van der Waals surface area contributed by atoms with Gasteiger partial charge in [0.1, 0.15) is 0 Å². The summed E-state index contributed by atoms with van der Waals surface area (Å²) in [5, 5.41) is 8.76. The number of hydrogen-bond donors (Lipinski definition) is 1. The second kappa shape index (κ2) is 7.99. The Morgan fingerprint density at radius 3 is 2.79 bits per heavy atom. The highest BCUT2D eigenvalue weighted by atomic mass is 16.5. The number of carbonyl (C=O) groups is 2. The number of rotatable bonds is 6. The highest BCUT2D eigenvalue weighted by Gasteiger charge is 2.28. The van der Waals surface area contributed by atoms with Crippen LogP contribution in [0.5, 0.6) is 0 Å². The summed E-state index contributed by atoms with van der Waals surface area (Å²) in [5.41, 5.74) is 0. The van der Waals surface area contributed by atoms with Crippen LogP contribution in [-0.4, -0.2) is 66.8 Å². The summed E-state index contributed by atoms with van der Waals surface area (Å²) in [6, 6.07) is 0.0366. The number of methoxy groups -OCH3 is 1. The topological polar surface area (TPSA) is 70.1 Å². The maximum absolute atomic E-state index is 12.3. The molecular formula is C13H24N2O4. The van der Waals surface area contributed by atoms with Gasteiger partial charge in [-0.05, 0) is 25.7 Å². The lowest BCUT2D eigenvalue weighted by Crippen LogP contribution is -2.49. The van der Waals surface area contributed by atoms with Crippen LogP contribution in [0.3, 0.4) is 0 Å². The van der Waals surface area contributed by atoms with Crippen molar-refractivity contribution in [1.82, 2.24) is 9.80 Å². The van der Waals surface area contributed by atoms with Gasteiger partial charge in [-0.15, -0.1) is 0 Å². The van der Waals surface area contributed by atoms with Crippen molar-refractivity contribution in [2.24, 2.45) is 0 Å². The van der Waals surface area contributed by atoms with Crippen LogP contribution in [0, 0.1) is 0 Å². The van der Waals surface area contributed by atoms with E-state index in [0.29, 0.717) is 19.6 Å². The zero-order valence-corrected chi connectivity index (χ0v) is 11.8. The quantitative estimate of drug-likeness (QED) is 0.793. The van der Waals surface area contributed by atoms with Crippen molar-refractivity contribution in [3.8, 4) is 0 Å². The smallest absolute Gasteiger partial charge is 0.320 e. The maximum Gasteiger partial charge on any atom is 0.320 e. The molecule has 0 aromatic rings. The van der Waals surface area contributed by atoms with E-state index >= 15 is 0 Å². The summed E-state index contributed by atoms with van der Waals surface area (Å²) in [4.78, 5) is 26.4. The number of ether oxygens (including phenoxy) is 1. The minimum Gasteiger partial charge on any atom is -0.481 e. The van der Waals surface area contributed by atoms with Gasteiger partial charge in [0, 0.05) is 39.7 Å². The number of carboxylic acid groups (broad SMARTS) is 1. The molecule has 2 amide bonds. The molecule has 1 fully saturated rings. The molecule has 0 spiro atoms. The summed E-state index contributed by atoms with van der Waals surface area (Å²) in [5.74, 6) is -0.800. The zero-order chi connectivity index (χ0) is 14.3. The number of piperidine rings is 1. The number of amides is 2. The van der Waals surface area contributed by atoms with Crippen molar-refractivity contribution < 1.29 is 19.4 Å². The Hall–Kier alpha value is -1.30. The van der Waals surface area contributed by atoms with E-state index < -0.39 is 5.97 Å². The Bertz CT molecular complexity index is 309. The summed E-state index contributed by atoms with van der Waals surface area (Å²) in [7, 11) is 3.36. The number of likely N-dealkylation sites (N-methyl/N-ethyl adjacent to an activating group) is 1. The summed E-state index contributed by atoms with van der Waals surface area (Å²) in [6.45, 7) is 1.79.